The molecule has 0 fully saturated rings. The highest BCUT2D eigenvalue weighted by molar-refractivity contribution is 5.81. The Balaban J connectivity index is 1.81. The predicted molar refractivity (Wildman–Crippen MR) is 99.8 cm³/mol. The second-order valence-electron chi connectivity index (χ2n) is 6.12. The molecule has 2 aromatic heterocycles. The van der Waals surface area contributed by atoms with Gasteiger partial charge in [-0.15, -0.1) is 0 Å². The topological polar surface area (TPSA) is 93.8 Å². The Bertz CT molecular complexity index is 1030. The molecule has 0 aliphatic carbocycles. The van der Waals surface area contributed by atoms with Crippen molar-refractivity contribution >= 4 is 22.8 Å². The quantitative estimate of drug-likeness (QED) is 0.677. The fourth-order valence-corrected chi connectivity index (χ4v) is 2.96. The Morgan fingerprint density at radius 1 is 1.23 bits per heavy atom. The lowest BCUT2D eigenvalue weighted by Gasteiger charge is -2.14. The van der Waals surface area contributed by atoms with Crippen LogP contribution in [0.2, 0.25) is 0 Å². The molecule has 0 saturated carbocycles. The minimum absolute atomic E-state index is 0.145. The van der Waals surface area contributed by atoms with Crippen LogP contribution in [-0.4, -0.2) is 25.2 Å². The number of para-hydroxylation sites is 1. The lowest BCUT2D eigenvalue weighted by atomic mass is 10.1. The largest absolute Gasteiger partial charge is 0.277 e. The average molecular weight is 354 g/mol. The fourth-order valence-electron chi connectivity index (χ4n) is 2.96. The fraction of sp³-hybridized carbons (Fsp3) is 0.333. The number of anilines is 1. The van der Waals surface area contributed by atoms with Crippen LogP contribution in [0.25, 0.3) is 10.9 Å². The number of hydrogen-bond donors (Lipinski definition) is 2. The normalized spacial score (nSPS) is 10.9. The molecule has 0 aliphatic heterocycles. The van der Waals surface area contributed by atoms with E-state index in [1.807, 2.05) is 33.9 Å². The molecule has 2 N–H and O–H groups in total. The predicted octanol–water partition coefficient (Wildman–Crippen LogP) is 1.45. The molecule has 3 aromatic rings. The van der Waals surface area contributed by atoms with Gasteiger partial charge in [0.1, 0.15) is 0 Å². The summed E-state index contributed by atoms with van der Waals surface area (Å²) in [6, 6.07) is 7.14. The lowest BCUT2D eigenvalue weighted by Crippen LogP contribution is -2.35. The van der Waals surface area contributed by atoms with Gasteiger partial charge in [0.15, 0.2) is 0 Å². The minimum Gasteiger partial charge on any atom is -0.277 e. The van der Waals surface area contributed by atoms with Crippen molar-refractivity contribution in [2.45, 2.75) is 33.7 Å². The van der Waals surface area contributed by atoms with E-state index in [-0.39, 0.29) is 17.9 Å². The average Bonchev–Trinajstić information content (AvgIpc) is 2.86. The summed E-state index contributed by atoms with van der Waals surface area (Å²) in [6.45, 7) is 6.10. The first kappa shape index (κ1) is 17.7. The number of amides is 1. The Labute approximate surface area is 150 Å². The highest BCUT2D eigenvalue weighted by Crippen LogP contribution is 2.13. The van der Waals surface area contributed by atoms with E-state index in [9.17, 15) is 9.59 Å². The number of rotatable bonds is 5. The van der Waals surface area contributed by atoms with Crippen molar-refractivity contribution in [3.8, 4) is 0 Å². The maximum absolute atomic E-state index is 12.6. The first-order valence-electron chi connectivity index (χ1n) is 8.45. The van der Waals surface area contributed by atoms with E-state index in [1.165, 1.54) is 4.57 Å². The zero-order chi connectivity index (χ0) is 18.8. The van der Waals surface area contributed by atoms with Gasteiger partial charge in [0.05, 0.1) is 23.0 Å². The third-order valence-electron chi connectivity index (χ3n) is 4.49. The van der Waals surface area contributed by atoms with E-state index >= 15 is 0 Å². The van der Waals surface area contributed by atoms with Gasteiger partial charge in [-0.05, 0) is 32.9 Å². The molecule has 0 bridgehead atoms. The van der Waals surface area contributed by atoms with Crippen molar-refractivity contribution in [2.24, 2.45) is 7.05 Å². The summed E-state index contributed by atoms with van der Waals surface area (Å²) in [6.07, 6.45) is 0.197. The number of carbonyl (C=O) groups is 1. The van der Waals surface area contributed by atoms with Crippen LogP contribution in [0.4, 0.5) is 5.95 Å². The molecule has 136 valence electrons. The molecule has 0 unspecified atom stereocenters. The number of nitrogens with zero attached hydrogens (tertiary/aromatic N) is 4. The first-order valence-corrected chi connectivity index (χ1v) is 8.45. The van der Waals surface area contributed by atoms with Gasteiger partial charge in [-0.2, -0.15) is 5.10 Å². The maximum Gasteiger partial charge on any atom is 0.262 e. The number of carbonyl (C=O) groups excluding carboxylic acids is 1. The number of benzene rings is 1. The van der Waals surface area contributed by atoms with Crippen molar-refractivity contribution in [2.75, 3.05) is 5.43 Å². The highest BCUT2D eigenvalue weighted by atomic mass is 16.2. The number of hydrazine groups is 1. The third kappa shape index (κ3) is 3.17. The van der Waals surface area contributed by atoms with Crippen LogP contribution < -0.4 is 16.4 Å². The molecule has 2 heterocycles. The van der Waals surface area contributed by atoms with Crippen LogP contribution >= 0.6 is 0 Å². The Morgan fingerprint density at radius 2 is 1.96 bits per heavy atom. The van der Waals surface area contributed by atoms with Crippen molar-refractivity contribution in [1.82, 2.24) is 24.8 Å². The summed E-state index contributed by atoms with van der Waals surface area (Å²) in [5.41, 5.74) is 8.53. The summed E-state index contributed by atoms with van der Waals surface area (Å²) < 4.78 is 3.24. The van der Waals surface area contributed by atoms with E-state index in [0.717, 1.165) is 17.0 Å². The van der Waals surface area contributed by atoms with Crippen LogP contribution in [0.5, 0.6) is 0 Å². The zero-order valence-corrected chi connectivity index (χ0v) is 15.3. The summed E-state index contributed by atoms with van der Waals surface area (Å²) >= 11 is 0. The van der Waals surface area contributed by atoms with Crippen molar-refractivity contribution in [1.29, 1.82) is 0 Å². The van der Waals surface area contributed by atoms with Gasteiger partial charge in [-0.1, -0.05) is 12.1 Å². The van der Waals surface area contributed by atoms with Crippen molar-refractivity contribution in [3.63, 3.8) is 0 Å². The molecular weight excluding hydrogens is 332 g/mol. The zero-order valence-electron chi connectivity index (χ0n) is 15.3. The van der Waals surface area contributed by atoms with Gasteiger partial charge in [0, 0.05) is 24.8 Å². The molecule has 1 aromatic carbocycles. The SMILES string of the molecule is CCn1c(NNC(=O)Cc2c(C)nn(C)c2C)nc2ccccc2c1=O. The third-order valence-corrected chi connectivity index (χ3v) is 4.49. The van der Waals surface area contributed by atoms with Gasteiger partial charge in [0.25, 0.3) is 5.56 Å². The molecule has 0 saturated heterocycles. The van der Waals surface area contributed by atoms with E-state index in [1.54, 1.807) is 22.9 Å². The van der Waals surface area contributed by atoms with Crippen LogP contribution in [0, 0.1) is 13.8 Å². The molecule has 26 heavy (non-hydrogen) atoms. The molecule has 1 amide bonds. The maximum atomic E-state index is 12.6. The first-order chi connectivity index (χ1) is 12.4. The molecule has 0 atom stereocenters. The van der Waals surface area contributed by atoms with E-state index in [0.29, 0.717) is 23.4 Å². The minimum atomic E-state index is -0.228. The summed E-state index contributed by atoms with van der Waals surface area (Å²) in [5.74, 6) is 0.0819. The van der Waals surface area contributed by atoms with Crippen LogP contribution in [0.1, 0.15) is 23.9 Å². The van der Waals surface area contributed by atoms with Crippen LogP contribution in [0.3, 0.4) is 0 Å². The second-order valence-corrected chi connectivity index (χ2v) is 6.12. The standard InChI is InChI=1S/C18H22N6O2/c1-5-24-17(26)13-8-6-7-9-15(13)19-18(24)21-20-16(25)10-14-11(2)22-23(4)12(14)3/h6-9H,5,10H2,1-4H3,(H,19,21)(H,20,25). The molecule has 8 nitrogen and oxygen atoms in total. The van der Waals surface area contributed by atoms with Gasteiger partial charge in [-0.3, -0.25) is 29.7 Å². The summed E-state index contributed by atoms with van der Waals surface area (Å²) in [4.78, 5) is 29.3. The van der Waals surface area contributed by atoms with Crippen molar-refractivity contribution in [3.05, 3.63) is 51.6 Å². The van der Waals surface area contributed by atoms with E-state index in [2.05, 4.69) is 20.9 Å². The monoisotopic (exact) mass is 354 g/mol. The summed E-state index contributed by atoms with van der Waals surface area (Å²) in [5, 5.41) is 4.86. The van der Waals surface area contributed by atoms with E-state index < -0.39 is 0 Å². The molecule has 0 radical (unpaired) electrons. The summed E-state index contributed by atoms with van der Waals surface area (Å²) in [7, 11) is 1.85. The number of aryl methyl sites for hydroxylation is 2. The number of fused-ring (bicyclic) bond motifs is 1. The van der Waals surface area contributed by atoms with E-state index in [4.69, 9.17) is 0 Å². The Hall–Kier alpha value is -3.16. The molecular formula is C18H22N6O2. The molecule has 0 spiro atoms. The highest BCUT2D eigenvalue weighted by Gasteiger charge is 2.14. The number of nitrogens with one attached hydrogen (secondary N) is 2. The Morgan fingerprint density at radius 3 is 2.62 bits per heavy atom. The van der Waals surface area contributed by atoms with Crippen LogP contribution in [0.15, 0.2) is 29.1 Å². The lowest BCUT2D eigenvalue weighted by molar-refractivity contribution is -0.120. The van der Waals surface area contributed by atoms with Gasteiger partial charge < -0.3 is 0 Å². The molecule has 8 heteroatoms. The smallest absolute Gasteiger partial charge is 0.262 e. The molecule has 0 aliphatic rings. The van der Waals surface area contributed by atoms with Gasteiger partial charge >= 0.3 is 0 Å². The number of hydrogen-bond acceptors (Lipinski definition) is 5. The van der Waals surface area contributed by atoms with Gasteiger partial charge in [0.2, 0.25) is 11.9 Å². The van der Waals surface area contributed by atoms with Crippen LogP contribution in [-0.2, 0) is 24.8 Å². The number of aromatic nitrogens is 4. The molecule has 3 rings (SSSR count). The van der Waals surface area contributed by atoms with Crippen molar-refractivity contribution < 1.29 is 4.79 Å². The Kier molecular flexibility index (Phi) is 4.75. The van der Waals surface area contributed by atoms with Gasteiger partial charge in [-0.25, -0.2) is 4.98 Å². The second kappa shape index (κ2) is 6.99.